The highest BCUT2D eigenvalue weighted by atomic mass is 32.2. The van der Waals surface area contributed by atoms with Crippen LogP contribution >= 0.6 is 23.1 Å². The molecule has 0 amide bonds. The minimum absolute atomic E-state index is 0.00409. The first-order valence-corrected chi connectivity index (χ1v) is 13.0. The summed E-state index contributed by atoms with van der Waals surface area (Å²) in [6.45, 7) is -0.504. The van der Waals surface area contributed by atoms with E-state index in [0.717, 1.165) is 0 Å². The summed E-state index contributed by atoms with van der Waals surface area (Å²) in [5.41, 5.74) is 8.32. The van der Waals surface area contributed by atoms with Gasteiger partial charge in [-0.25, -0.2) is 14.4 Å². The highest BCUT2D eigenvalue weighted by Crippen LogP contribution is 2.37. The van der Waals surface area contributed by atoms with Crippen LogP contribution in [0.5, 0.6) is 5.75 Å². The van der Waals surface area contributed by atoms with E-state index in [1.54, 1.807) is 42.5 Å². The molecule has 0 fully saturated rings. The monoisotopic (exact) mass is 548 g/mol. The van der Waals surface area contributed by atoms with Crippen LogP contribution in [-0.2, 0) is 5.75 Å². The van der Waals surface area contributed by atoms with Crippen LogP contribution in [0.15, 0.2) is 58.9 Å². The summed E-state index contributed by atoms with van der Waals surface area (Å²) in [7, 11) is 0. The van der Waals surface area contributed by atoms with E-state index >= 15 is 0 Å². The molecule has 0 spiro atoms. The molecule has 4 aromatic rings. The zero-order chi connectivity index (χ0) is 27.1. The van der Waals surface area contributed by atoms with Crippen LogP contribution in [0.3, 0.4) is 0 Å². The number of hydrogen-bond donors (Lipinski definition) is 4. The molecule has 2 heterocycles. The number of anilines is 3. The van der Waals surface area contributed by atoms with Gasteiger partial charge in [0.25, 0.3) is 0 Å². The molecule has 5 N–H and O–H groups in total. The number of nitrogen functional groups attached to an aromatic ring is 1. The lowest BCUT2D eigenvalue weighted by Crippen LogP contribution is -2.21. The predicted octanol–water partition coefficient (Wildman–Crippen LogP) is 4.44. The van der Waals surface area contributed by atoms with Gasteiger partial charge in [-0.15, -0.1) is 11.3 Å². The molecule has 9 nitrogen and oxygen atoms in total. The standard InChI is InChI=1S/C26H21FN6O3S2/c27-21-3-1-2-4-22(21)32-26-31-16(14-38-26)13-37-25-20(10-29)23(19(9-28)24(30)33-25)15-5-7-18(8-6-15)36-12-17(35)11-34/h1-8,14,17,34-35H,11-13H2,(H2,30,33)(H,31,32). The molecule has 4 rings (SSSR count). The molecular formula is C26H21FN6O3S2. The number of thioether (sulfide) groups is 1. The first kappa shape index (κ1) is 26.9. The third-order valence-electron chi connectivity index (χ3n) is 5.24. The van der Waals surface area contributed by atoms with Crippen LogP contribution in [0.4, 0.5) is 21.0 Å². The third-order valence-corrected chi connectivity index (χ3v) is 7.05. The molecule has 2 aromatic heterocycles. The number of aromatic nitrogens is 2. The number of hydrogen-bond acceptors (Lipinski definition) is 11. The van der Waals surface area contributed by atoms with Gasteiger partial charge in [0.1, 0.15) is 52.8 Å². The van der Waals surface area contributed by atoms with Crippen molar-refractivity contribution in [2.45, 2.75) is 16.9 Å². The van der Waals surface area contributed by atoms with Gasteiger partial charge in [-0.05, 0) is 29.8 Å². The number of nitrogens with one attached hydrogen (secondary N) is 1. The zero-order valence-electron chi connectivity index (χ0n) is 19.8. The first-order chi connectivity index (χ1) is 18.4. The number of aliphatic hydroxyl groups excluding tert-OH is 2. The summed E-state index contributed by atoms with van der Waals surface area (Å²) < 4.78 is 19.4. The quantitative estimate of drug-likeness (QED) is 0.209. The molecular weight excluding hydrogens is 527 g/mol. The fourth-order valence-corrected chi connectivity index (χ4v) is 5.12. The second kappa shape index (κ2) is 12.4. The summed E-state index contributed by atoms with van der Waals surface area (Å²) in [5.74, 6) is 0.417. The van der Waals surface area contributed by atoms with Crippen molar-refractivity contribution in [2.75, 3.05) is 24.3 Å². The van der Waals surface area contributed by atoms with Crippen LogP contribution in [0, 0.1) is 28.5 Å². The van der Waals surface area contributed by atoms with Gasteiger partial charge in [-0.2, -0.15) is 10.5 Å². The van der Waals surface area contributed by atoms with E-state index in [9.17, 15) is 20.0 Å². The number of para-hydroxylation sites is 1. The summed E-state index contributed by atoms with van der Waals surface area (Å²) >= 11 is 2.57. The van der Waals surface area contributed by atoms with E-state index < -0.39 is 12.7 Å². The summed E-state index contributed by atoms with van der Waals surface area (Å²) in [6.07, 6.45) is -1.01. The lowest BCUT2D eigenvalue weighted by molar-refractivity contribution is 0.0536. The Hall–Kier alpha value is -4.20. The molecule has 38 heavy (non-hydrogen) atoms. The van der Waals surface area contributed by atoms with E-state index in [1.807, 2.05) is 11.4 Å². The van der Waals surface area contributed by atoms with E-state index in [-0.39, 0.29) is 29.4 Å². The molecule has 0 bridgehead atoms. The van der Waals surface area contributed by atoms with Gasteiger partial charge in [0.2, 0.25) is 0 Å². The van der Waals surface area contributed by atoms with Gasteiger partial charge in [-0.1, -0.05) is 36.0 Å². The molecule has 1 unspecified atom stereocenters. The van der Waals surface area contributed by atoms with E-state index in [2.05, 4.69) is 21.4 Å². The number of thiazole rings is 1. The molecule has 1 atom stereocenters. The van der Waals surface area contributed by atoms with Crippen molar-refractivity contribution in [3.8, 4) is 29.0 Å². The number of nitrogens with two attached hydrogens (primary N) is 1. The van der Waals surface area contributed by atoms with Gasteiger partial charge in [0.15, 0.2) is 5.13 Å². The normalized spacial score (nSPS) is 11.4. The highest BCUT2D eigenvalue weighted by molar-refractivity contribution is 7.98. The van der Waals surface area contributed by atoms with Crippen molar-refractivity contribution in [2.24, 2.45) is 0 Å². The Balaban J connectivity index is 1.56. The molecule has 12 heteroatoms. The Morgan fingerprint density at radius 2 is 1.84 bits per heavy atom. The van der Waals surface area contributed by atoms with Crippen molar-refractivity contribution in [1.29, 1.82) is 10.5 Å². The number of halogens is 1. The zero-order valence-corrected chi connectivity index (χ0v) is 21.4. The van der Waals surface area contributed by atoms with Gasteiger partial charge >= 0.3 is 0 Å². The van der Waals surface area contributed by atoms with Crippen molar-refractivity contribution in [3.63, 3.8) is 0 Å². The Kier molecular flexibility index (Phi) is 8.73. The fourth-order valence-electron chi connectivity index (χ4n) is 3.40. The summed E-state index contributed by atoms with van der Waals surface area (Å²) in [5, 5.41) is 43.8. The maximum atomic E-state index is 13.9. The smallest absolute Gasteiger partial charge is 0.187 e. The second-order valence-corrected chi connectivity index (χ2v) is 9.68. The largest absolute Gasteiger partial charge is 0.491 e. The van der Waals surface area contributed by atoms with Crippen molar-refractivity contribution in [3.05, 3.63) is 76.5 Å². The van der Waals surface area contributed by atoms with Crippen molar-refractivity contribution in [1.82, 2.24) is 9.97 Å². The average Bonchev–Trinajstić information content (AvgIpc) is 3.39. The Morgan fingerprint density at radius 3 is 2.53 bits per heavy atom. The number of aliphatic hydroxyl groups is 2. The molecule has 0 aliphatic rings. The van der Waals surface area contributed by atoms with Crippen LogP contribution in [0.25, 0.3) is 11.1 Å². The second-order valence-electron chi connectivity index (χ2n) is 7.86. The molecule has 0 saturated carbocycles. The molecule has 0 radical (unpaired) electrons. The fraction of sp³-hybridized carbons (Fsp3) is 0.154. The van der Waals surface area contributed by atoms with Crippen molar-refractivity contribution >= 4 is 39.7 Å². The van der Waals surface area contributed by atoms with E-state index in [1.165, 1.54) is 29.2 Å². The molecule has 0 aliphatic carbocycles. The number of benzene rings is 2. The van der Waals surface area contributed by atoms with Crippen LogP contribution in [0.1, 0.15) is 16.8 Å². The van der Waals surface area contributed by atoms with E-state index in [4.69, 9.17) is 15.6 Å². The lowest BCUT2D eigenvalue weighted by Gasteiger charge is -2.14. The molecule has 0 saturated heterocycles. The average molecular weight is 549 g/mol. The van der Waals surface area contributed by atoms with E-state index in [0.29, 0.717) is 44.2 Å². The SMILES string of the molecule is N#Cc1c(N)nc(SCc2csc(Nc3ccccc3F)n2)c(C#N)c1-c1ccc(OCC(O)CO)cc1. The molecule has 2 aromatic carbocycles. The van der Waals surface area contributed by atoms with Crippen LogP contribution in [0.2, 0.25) is 0 Å². The lowest BCUT2D eigenvalue weighted by atomic mass is 9.97. The highest BCUT2D eigenvalue weighted by Gasteiger charge is 2.21. The van der Waals surface area contributed by atoms with Gasteiger partial charge in [0, 0.05) is 16.7 Å². The number of nitriles is 2. The number of rotatable bonds is 10. The number of nitrogens with zero attached hydrogens (tertiary/aromatic N) is 4. The minimum Gasteiger partial charge on any atom is -0.491 e. The number of ether oxygens (including phenoxy) is 1. The number of pyridine rings is 1. The predicted molar refractivity (Wildman–Crippen MR) is 143 cm³/mol. The first-order valence-electron chi connectivity index (χ1n) is 11.2. The van der Waals surface area contributed by atoms with Crippen molar-refractivity contribution < 1.29 is 19.3 Å². The Labute approximate surface area is 226 Å². The molecule has 0 aliphatic heterocycles. The maximum Gasteiger partial charge on any atom is 0.187 e. The van der Waals surface area contributed by atoms with Gasteiger partial charge < -0.3 is 26.0 Å². The minimum atomic E-state index is -1.01. The van der Waals surface area contributed by atoms with Crippen LogP contribution < -0.4 is 15.8 Å². The molecule has 192 valence electrons. The summed E-state index contributed by atoms with van der Waals surface area (Å²) in [4.78, 5) is 8.79. The Bertz CT molecular complexity index is 1520. The topological polar surface area (TPSA) is 161 Å². The summed E-state index contributed by atoms with van der Waals surface area (Å²) in [6, 6.07) is 17.1. The van der Waals surface area contributed by atoms with Gasteiger partial charge in [0.05, 0.1) is 23.6 Å². The van der Waals surface area contributed by atoms with Crippen LogP contribution in [-0.4, -0.2) is 39.5 Å². The maximum absolute atomic E-state index is 13.9. The van der Waals surface area contributed by atoms with Gasteiger partial charge in [-0.3, -0.25) is 0 Å². The Morgan fingerprint density at radius 1 is 1.11 bits per heavy atom. The third kappa shape index (κ3) is 6.19.